The third-order valence-corrected chi connectivity index (χ3v) is 3.31. The van der Waals surface area contributed by atoms with Gasteiger partial charge in [-0.1, -0.05) is 11.6 Å². The fourth-order valence-electron chi connectivity index (χ4n) is 1.85. The summed E-state index contributed by atoms with van der Waals surface area (Å²) < 4.78 is 6.79. The molecule has 0 unspecified atom stereocenters. The second-order valence-corrected chi connectivity index (χ2v) is 4.81. The van der Waals surface area contributed by atoms with Crippen molar-refractivity contribution in [2.45, 2.75) is 13.5 Å². The Morgan fingerprint density at radius 2 is 1.95 bits per heavy atom. The third-order valence-electron chi connectivity index (χ3n) is 2.81. The Morgan fingerprint density at radius 3 is 2.45 bits per heavy atom. The summed E-state index contributed by atoms with van der Waals surface area (Å²) in [7, 11) is 1.74. The van der Waals surface area contributed by atoms with E-state index in [-0.39, 0.29) is 6.61 Å². The smallest absolute Gasteiger partial charge is 0.338 e. The molecule has 106 valence electrons. The summed E-state index contributed by atoms with van der Waals surface area (Å²) in [5, 5.41) is 4.64. The number of ether oxygens (including phenoxy) is 1. The molecule has 2 rings (SSSR count). The van der Waals surface area contributed by atoms with Crippen molar-refractivity contribution in [3.63, 3.8) is 0 Å². The summed E-state index contributed by atoms with van der Waals surface area (Å²) in [5.41, 5.74) is 13.7. The molecule has 2 aromatic rings. The molecule has 1 aromatic carbocycles. The van der Waals surface area contributed by atoms with Gasteiger partial charge >= 0.3 is 5.97 Å². The maximum Gasteiger partial charge on any atom is 0.338 e. The van der Waals surface area contributed by atoms with E-state index in [1.54, 1.807) is 24.7 Å². The van der Waals surface area contributed by atoms with Gasteiger partial charge in [-0.05, 0) is 25.1 Å². The van der Waals surface area contributed by atoms with Crippen molar-refractivity contribution < 1.29 is 9.53 Å². The number of carbonyl (C=O) groups excluding carboxylic acids is 1. The van der Waals surface area contributed by atoms with Crippen molar-refractivity contribution in [3.8, 4) is 0 Å². The zero-order valence-corrected chi connectivity index (χ0v) is 11.9. The quantitative estimate of drug-likeness (QED) is 0.666. The summed E-state index contributed by atoms with van der Waals surface area (Å²) in [4.78, 5) is 11.9. The van der Waals surface area contributed by atoms with E-state index in [1.807, 2.05) is 0 Å². The molecule has 0 bridgehead atoms. The summed E-state index contributed by atoms with van der Waals surface area (Å²) in [6.07, 6.45) is 0. The molecule has 1 heterocycles. The van der Waals surface area contributed by atoms with Crippen LogP contribution in [0.3, 0.4) is 0 Å². The number of aryl methyl sites for hydroxylation is 2. The lowest BCUT2D eigenvalue weighted by Gasteiger charge is -2.07. The van der Waals surface area contributed by atoms with Crippen LogP contribution in [-0.2, 0) is 18.4 Å². The monoisotopic (exact) mass is 294 g/mol. The highest BCUT2D eigenvalue weighted by molar-refractivity contribution is 6.31. The van der Waals surface area contributed by atoms with Gasteiger partial charge in [-0.15, -0.1) is 0 Å². The number of hydrogen-bond acceptors (Lipinski definition) is 5. The number of nitrogens with zero attached hydrogens (tertiary/aromatic N) is 2. The van der Waals surface area contributed by atoms with Crippen LogP contribution < -0.4 is 11.5 Å². The number of benzene rings is 1. The lowest BCUT2D eigenvalue weighted by molar-refractivity contribution is 0.0464. The van der Waals surface area contributed by atoms with Gasteiger partial charge in [-0.25, -0.2) is 4.79 Å². The average Bonchev–Trinajstić information content (AvgIpc) is 2.60. The number of halogens is 1. The molecule has 0 atom stereocenters. The number of aromatic nitrogens is 2. The van der Waals surface area contributed by atoms with Gasteiger partial charge in [-0.3, -0.25) is 4.68 Å². The van der Waals surface area contributed by atoms with Gasteiger partial charge in [0.2, 0.25) is 0 Å². The first-order chi connectivity index (χ1) is 9.38. The molecular formula is C13H15ClN4O2. The van der Waals surface area contributed by atoms with E-state index in [0.717, 1.165) is 0 Å². The number of anilines is 2. The molecule has 0 aliphatic rings. The van der Waals surface area contributed by atoms with Crippen molar-refractivity contribution in [2.24, 2.45) is 7.05 Å². The van der Waals surface area contributed by atoms with Crippen molar-refractivity contribution in [1.82, 2.24) is 9.78 Å². The van der Waals surface area contributed by atoms with Crippen LogP contribution >= 0.6 is 11.6 Å². The summed E-state index contributed by atoms with van der Waals surface area (Å²) in [5.74, 6) is -0.515. The lowest BCUT2D eigenvalue weighted by Crippen LogP contribution is -2.09. The van der Waals surface area contributed by atoms with Gasteiger partial charge in [0, 0.05) is 18.4 Å². The molecule has 0 saturated carbocycles. The Balaban J connectivity index is 2.12. The van der Waals surface area contributed by atoms with E-state index in [9.17, 15) is 4.79 Å². The van der Waals surface area contributed by atoms with Crippen LogP contribution in [0.25, 0.3) is 0 Å². The van der Waals surface area contributed by atoms with Crippen LogP contribution in [0.4, 0.5) is 11.4 Å². The molecule has 0 aliphatic heterocycles. The van der Waals surface area contributed by atoms with Gasteiger partial charge in [0.1, 0.15) is 6.61 Å². The molecule has 6 nitrogen and oxygen atoms in total. The maximum atomic E-state index is 11.9. The minimum atomic E-state index is -0.515. The predicted octanol–water partition coefficient (Wildman–Crippen LogP) is 1.90. The van der Waals surface area contributed by atoms with Gasteiger partial charge in [0.25, 0.3) is 0 Å². The Kier molecular flexibility index (Phi) is 3.85. The molecule has 1 aromatic heterocycles. The topological polar surface area (TPSA) is 96.2 Å². The van der Waals surface area contributed by atoms with E-state index < -0.39 is 5.97 Å². The second-order valence-electron chi connectivity index (χ2n) is 4.43. The SMILES string of the molecule is Cc1nn(C)c(COC(=O)c2cc(N)cc(N)c2)c1Cl. The number of nitrogens with two attached hydrogens (primary N) is 2. The van der Waals surface area contributed by atoms with Crippen LogP contribution in [0.1, 0.15) is 21.7 Å². The molecular weight excluding hydrogens is 280 g/mol. The molecule has 0 fully saturated rings. The lowest BCUT2D eigenvalue weighted by atomic mass is 10.2. The molecule has 0 amide bonds. The second kappa shape index (κ2) is 5.42. The van der Waals surface area contributed by atoms with Crippen LogP contribution in [0.15, 0.2) is 18.2 Å². The standard InChI is InChI=1S/C13H15ClN4O2/c1-7-12(14)11(18(2)17-7)6-20-13(19)8-3-9(15)5-10(16)4-8/h3-5H,6,15-16H2,1-2H3. The number of nitrogen functional groups attached to an aromatic ring is 2. The number of rotatable bonds is 3. The first-order valence-corrected chi connectivity index (χ1v) is 6.27. The summed E-state index contributed by atoms with van der Waals surface area (Å²) >= 11 is 6.08. The fourth-order valence-corrected chi connectivity index (χ4v) is 2.06. The molecule has 0 radical (unpaired) electrons. The highest BCUT2D eigenvalue weighted by Crippen LogP contribution is 2.21. The minimum absolute atomic E-state index is 0.0315. The highest BCUT2D eigenvalue weighted by atomic mass is 35.5. The molecule has 20 heavy (non-hydrogen) atoms. The van der Waals surface area contributed by atoms with E-state index in [1.165, 1.54) is 12.1 Å². The molecule has 4 N–H and O–H groups in total. The van der Waals surface area contributed by atoms with E-state index in [4.69, 9.17) is 27.8 Å². The van der Waals surface area contributed by atoms with Crippen LogP contribution in [0.5, 0.6) is 0 Å². The Hall–Kier alpha value is -2.21. The Labute approximate surface area is 121 Å². The van der Waals surface area contributed by atoms with Gasteiger partial charge in [0.05, 0.1) is 22.0 Å². The van der Waals surface area contributed by atoms with E-state index in [2.05, 4.69) is 5.10 Å². The van der Waals surface area contributed by atoms with Crippen LogP contribution in [0, 0.1) is 6.92 Å². The van der Waals surface area contributed by atoms with Crippen molar-refractivity contribution in [3.05, 3.63) is 40.2 Å². The molecule has 7 heteroatoms. The van der Waals surface area contributed by atoms with E-state index in [0.29, 0.717) is 33.3 Å². The van der Waals surface area contributed by atoms with Crippen LogP contribution in [0.2, 0.25) is 5.02 Å². The first-order valence-electron chi connectivity index (χ1n) is 5.89. The van der Waals surface area contributed by atoms with Gasteiger partial charge in [-0.2, -0.15) is 5.10 Å². The Morgan fingerprint density at radius 1 is 1.35 bits per heavy atom. The zero-order valence-electron chi connectivity index (χ0n) is 11.2. The Bertz CT molecular complexity index is 646. The van der Waals surface area contributed by atoms with Gasteiger partial charge < -0.3 is 16.2 Å². The van der Waals surface area contributed by atoms with E-state index >= 15 is 0 Å². The van der Waals surface area contributed by atoms with Crippen molar-refractivity contribution in [1.29, 1.82) is 0 Å². The highest BCUT2D eigenvalue weighted by Gasteiger charge is 2.14. The largest absolute Gasteiger partial charge is 0.456 e. The fraction of sp³-hybridized carbons (Fsp3) is 0.231. The zero-order chi connectivity index (χ0) is 14.9. The molecule has 0 saturated heterocycles. The normalized spacial score (nSPS) is 10.6. The molecule has 0 aliphatic carbocycles. The van der Waals surface area contributed by atoms with Gasteiger partial charge in [0.15, 0.2) is 0 Å². The first kappa shape index (κ1) is 14.2. The minimum Gasteiger partial charge on any atom is -0.456 e. The number of esters is 1. The van der Waals surface area contributed by atoms with Crippen molar-refractivity contribution in [2.75, 3.05) is 11.5 Å². The third kappa shape index (κ3) is 2.85. The predicted molar refractivity (Wildman–Crippen MR) is 77.3 cm³/mol. The summed E-state index contributed by atoms with van der Waals surface area (Å²) in [6, 6.07) is 4.59. The number of carbonyl (C=O) groups is 1. The van der Waals surface area contributed by atoms with Crippen molar-refractivity contribution >= 4 is 28.9 Å². The molecule has 0 spiro atoms. The average molecular weight is 295 g/mol. The van der Waals surface area contributed by atoms with Crippen LogP contribution in [-0.4, -0.2) is 15.7 Å². The summed E-state index contributed by atoms with van der Waals surface area (Å²) in [6.45, 7) is 1.82. The maximum absolute atomic E-state index is 11.9. The number of hydrogen-bond donors (Lipinski definition) is 2.